The second-order valence-electron chi connectivity index (χ2n) is 5.46. The molecule has 0 spiro atoms. The van der Waals surface area contributed by atoms with E-state index in [1.165, 1.54) is 21.7 Å². The summed E-state index contributed by atoms with van der Waals surface area (Å²) in [6.07, 6.45) is 3.90. The Kier molecular flexibility index (Phi) is 3.67. The van der Waals surface area contributed by atoms with E-state index in [0.29, 0.717) is 0 Å². The summed E-state index contributed by atoms with van der Waals surface area (Å²) in [5.41, 5.74) is 4.91. The Morgan fingerprint density at radius 3 is 2.96 bits per heavy atom. The highest BCUT2D eigenvalue weighted by Gasteiger charge is 2.19. The van der Waals surface area contributed by atoms with Crippen LogP contribution in [0.4, 0.5) is 5.13 Å². The van der Waals surface area contributed by atoms with Gasteiger partial charge in [0.05, 0.1) is 17.7 Å². The maximum absolute atomic E-state index is 5.24. The van der Waals surface area contributed by atoms with E-state index in [1.807, 2.05) is 30.5 Å². The molecule has 4 heteroatoms. The van der Waals surface area contributed by atoms with E-state index in [0.717, 1.165) is 29.3 Å². The van der Waals surface area contributed by atoms with Crippen molar-refractivity contribution >= 4 is 22.7 Å². The number of aryl methyl sites for hydroxylation is 2. The zero-order chi connectivity index (χ0) is 15.6. The predicted octanol–water partition coefficient (Wildman–Crippen LogP) is 4.67. The van der Waals surface area contributed by atoms with Gasteiger partial charge in [-0.25, -0.2) is 9.98 Å². The first-order valence-electron chi connectivity index (χ1n) is 7.59. The number of benzene rings is 2. The van der Waals surface area contributed by atoms with Gasteiger partial charge in [0, 0.05) is 6.21 Å². The molecule has 3 nitrogen and oxygen atoms in total. The van der Waals surface area contributed by atoms with Gasteiger partial charge in [0.2, 0.25) is 5.13 Å². The van der Waals surface area contributed by atoms with Crippen LogP contribution in [0, 0.1) is 0 Å². The lowest BCUT2D eigenvalue weighted by molar-refractivity contribution is 0.415. The number of nitrogens with zero attached hydrogens (tertiary/aromatic N) is 2. The number of fused-ring (bicyclic) bond motifs is 3. The number of thiazole rings is 1. The Bertz CT molecular complexity index is 883. The van der Waals surface area contributed by atoms with Gasteiger partial charge in [-0.2, -0.15) is 0 Å². The number of aromatic nitrogens is 1. The summed E-state index contributed by atoms with van der Waals surface area (Å²) < 4.78 is 5.24. The Hall–Kier alpha value is -2.46. The molecule has 0 radical (unpaired) electrons. The van der Waals surface area contributed by atoms with Crippen LogP contribution in [-0.2, 0) is 12.8 Å². The third-order valence-corrected chi connectivity index (χ3v) is 5.04. The predicted molar refractivity (Wildman–Crippen MR) is 95.2 cm³/mol. The molecule has 4 rings (SSSR count). The van der Waals surface area contributed by atoms with Crippen molar-refractivity contribution in [1.82, 2.24) is 4.98 Å². The van der Waals surface area contributed by atoms with Crippen LogP contribution >= 0.6 is 11.3 Å². The standard InChI is InChI=1S/C19H16N2OS/c1-22-15-7-4-5-13(11-15)12-20-19-21-17-10-9-14-6-2-3-8-16(14)18(17)23-19/h2-8,11-12H,9-10H2,1H3. The van der Waals surface area contributed by atoms with E-state index in [2.05, 4.69) is 29.3 Å². The van der Waals surface area contributed by atoms with Crippen molar-refractivity contribution in [3.63, 3.8) is 0 Å². The van der Waals surface area contributed by atoms with Gasteiger partial charge in [0.1, 0.15) is 5.75 Å². The van der Waals surface area contributed by atoms with Gasteiger partial charge in [0.15, 0.2) is 0 Å². The molecule has 23 heavy (non-hydrogen) atoms. The van der Waals surface area contributed by atoms with Crippen LogP contribution in [0.15, 0.2) is 53.5 Å². The van der Waals surface area contributed by atoms with Crippen molar-refractivity contribution in [2.45, 2.75) is 12.8 Å². The molecule has 0 amide bonds. The highest BCUT2D eigenvalue weighted by molar-refractivity contribution is 7.18. The molecule has 3 aromatic rings. The third kappa shape index (κ3) is 2.78. The Morgan fingerprint density at radius 2 is 2.04 bits per heavy atom. The summed E-state index contributed by atoms with van der Waals surface area (Å²) in [6, 6.07) is 16.4. The summed E-state index contributed by atoms with van der Waals surface area (Å²) >= 11 is 1.67. The molecule has 0 saturated heterocycles. The minimum atomic E-state index is 0.814. The van der Waals surface area contributed by atoms with Crippen molar-refractivity contribution in [1.29, 1.82) is 0 Å². The van der Waals surface area contributed by atoms with E-state index in [1.54, 1.807) is 18.4 Å². The van der Waals surface area contributed by atoms with Crippen LogP contribution in [0.2, 0.25) is 0 Å². The largest absolute Gasteiger partial charge is 0.497 e. The molecule has 2 aromatic carbocycles. The normalized spacial score (nSPS) is 12.9. The minimum absolute atomic E-state index is 0.814. The molecular formula is C19H16N2OS. The van der Waals surface area contributed by atoms with Crippen LogP contribution in [0.5, 0.6) is 5.75 Å². The van der Waals surface area contributed by atoms with Crippen molar-refractivity contribution in [3.8, 4) is 16.2 Å². The molecule has 0 bridgehead atoms. The van der Waals surface area contributed by atoms with Crippen molar-refractivity contribution in [2.75, 3.05) is 7.11 Å². The molecule has 0 aliphatic heterocycles. The Labute approximate surface area is 139 Å². The van der Waals surface area contributed by atoms with Gasteiger partial charge in [-0.05, 0) is 41.7 Å². The van der Waals surface area contributed by atoms with Crippen LogP contribution in [0.3, 0.4) is 0 Å². The van der Waals surface area contributed by atoms with Gasteiger partial charge in [-0.1, -0.05) is 47.7 Å². The van der Waals surface area contributed by atoms with Crippen molar-refractivity contribution in [2.24, 2.45) is 4.99 Å². The lowest BCUT2D eigenvalue weighted by atomic mass is 9.94. The van der Waals surface area contributed by atoms with E-state index in [9.17, 15) is 0 Å². The average molecular weight is 320 g/mol. The second-order valence-corrected chi connectivity index (χ2v) is 6.44. The fourth-order valence-electron chi connectivity index (χ4n) is 2.84. The Morgan fingerprint density at radius 1 is 1.13 bits per heavy atom. The monoisotopic (exact) mass is 320 g/mol. The highest BCUT2D eigenvalue weighted by Crippen LogP contribution is 2.40. The number of aliphatic imine (C=N–C) groups is 1. The molecule has 114 valence electrons. The summed E-state index contributed by atoms with van der Waals surface area (Å²) in [6.45, 7) is 0. The molecule has 0 fully saturated rings. The fourth-order valence-corrected chi connectivity index (χ4v) is 3.86. The quantitative estimate of drug-likeness (QED) is 0.657. The molecular weight excluding hydrogens is 304 g/mol. The second kappa shape index (κ2) is 5.97. The lowest BCUT2D eigenvalue weighted by Gasteiger charge is -2.13. The van der Waals surface area contributed by atoms with Gasteiger partial charge in [-0.15, -0.1) is 0 Å². The van der Waals surface area contributed by atoms with Gasteiger partial charge >= 0.3 is 0 Å². The minimum Gasteiger partial charge on any atom is -0.497 e. The smallest absolute Gasteiger partial charge is 0.209 e. The topological polar surface area (TPSA) is 34.5 Å². The molecule has 0 N–H and O–H groups in total. The van der Waals surface area contributed by atoms with Crippen LogP contribution in [0.1, 0.15) is 16.8 Å². The lowest BCUT2D eigenvalue weighted by Crippen LogP contribution is -2.01. The van der Waals surface area contributed by atoms with Crippen LogP contribution in [0.25, 0.3) is 10.4 Å². The Balaban J connectivity index is 1.65. The van der Waals surface area contributed by atoms with E-state index in [-0.39, 0.29) is 0 Å². The van der Waals surface area contributed by atoms with E-state index in [4.69, 9.17) is 9.72 Å². The summed E-state index contributed by atoms with van der Waals surface area (Å²) in [5.74, 6) is 0.835. The molecule has 0 atom stereocenters. The zero-order valence-corrected chi connectivity index (χ0v) is 13.6. The number of rotatable bonds is 3. The zero-order valence-electron chi connectivity index (χ0n) is 12.8. The third-order valence-electron chi connectivity index (χ3n) is 4.00. The van der Waals surface area contributed by atoms with Crippen LogP contribution in [-0.4, -0.2) is 18.3 Å². The van der Waals surface area contributed by atoms with Gasteiger partial charge < -0.3 is 4.74 Å². The first kappa shape index (κ1) is 14.2. The number of hydrogen-bond donors (Lipinski definition) is 0. The fraction of sp³-hybridized carbons (Fsp3) is 0.158. The number of ether oxygens (including phenoxy) is 1. The SMILES string of the molecule is COc1cccc(C=Nc2nc3c(s2)-c2ccccc2CC3)c1. The van der Waals surface area contributed by atoms with E-state index < -0.39 is 0 Å². The van der Waals surface area contributed by atoms with Gasteiger partial charge in [0.25, 0.3) is 0 Å². The molecule has 0 unspecified atom stereocenters. The molecule has 1 aliphatic carbocycles. The molecule has 1 heterocycles. The maximum Gasteiger partial charge on any atom is 0.209 e. The summed E-state index contributed by atoms with van der Waals surface area (Å²) in [4.78, 5) is 10.5. The van der Waals surface area contributed by atoms with E-state index >= 15 is 0 Å². The average Bonchev–Trinajstić information content (AvgIpc) is 3.04. The first-order chi connectivity index (χ1) is 11.3. The number of methoxy groups -OCH3 is 1. The first-order valence-corrected chi connectivity index (χ1v) is 8.41. The maximum atomic E-state index is 5.24. The highest BCUT2D eigenvalue weighted by atomic mass is 32.1. The molecule has 1 aliphatic rings. The molecule has 1 aromatic heterocycles. The number of hydrogen-bond acceptors (Lipinski definition) is 4. The summed E-state index contributed by atoms with van der Waals surface area (Å²) in [5, 5.41) is 0.814. The van der Waals surface area contributed by atoms with Gasteiger partial charge in [-0.3, -0.25) is 0 Å². The van der Waals surface area contributed by atoms with Crippen molar-refractivity contribution in [3.05, 3.63) is 65.4 Å². The molecule has 0 saturated carbocycles. The van der Waals surface area contributed by atoms with Crippen LogP contribution < -0.4 is 4.74 Å². The summed E-state index contributed by atoms with van der Waals surface area (Å²) in [7, 11) is 1.67. The van der Waals surface area contributed by atoms with Crippen molar-refractivity contribution < 1.29 is 4.74 Å².